The van der Waals surface area contributed by atoms with Crippen molar-refractivity contribution in [3.8, 4) is 0 Å². The van der Waals surface area contributed by atoms with E-state index < -0.39 is 34.6 Å². The van der Waals surface area contributed by atoms with Gasteiger partial charge in [0.2, 0.25) is 0 Å². The summed E-state index contributed by atoms with van der Waals surface area (Å²) in [5, 5.41) is 0. The van der Waals surface area contributed by atoms with Crippen molar-refractivity contribution in [2.75, 3.05) is 92.5 Å². The number of rotatable bonds is 24. The van der Waals surface area contributed by atoms with Gasteiger partial charge in [0.15, 0.2) is 0 Å². The zero-order valence-electron chi connectivity index (χ0n) is 26.7. The predicted octanol–water partition coefficient (Wildman–Crippen LogP) is 1.32. The van der Waals surface area contributed by atoms with Crippen LogP contribution in [-0.4, -0.2) is 141 Å². The van der Waals surface area contributed by atoms with Gasteiger partial charge in [-0.3, -0.25) is 9.59 Å². The molecule has 0 aromatic rings. The molecule has 6 fully saturated rings. The summed E-state index contributed by atoms with van der Waals surface area (Å²) >= 11 is 0. The summed E-state index contributed by atoms with van der Waals surface area (Å²) < 4.78 is 62.6. The van der Waals surface area contributed by atoms with Crippen LogP contribution < -0.4 is 0 Å². The van der Waals surface area contributed by atoms with E-state index in [1.807, 2.05) is 13.8 Å². The summed E-state index contributed by atoms with van der Waals surface area (Å²) in [5.74, 6) is -2.14. The summed E-state index contributed by atoms with van der Waals surface area (Å²) in [5.41, 5.74) is -1.05. The fraction of sp³-hybridized carbons (Fsp3) is 0.938. The van der Waals surface area contributed by atoms with E-state index >= 15 is 0 Å². The van der Waals surface area contributed by atoms with E-state index in [4.69, 9.17) is 52.1 Å². The fourth-order valence-electron chi connectivity index (χ4n) is 5.75. The molecule has 6 rings (SSSR count). The van der Waals surface area contributed by atoms with Crippen molar-refractivity contribution >= 4 is 11.9 Å². The highest BCUT2D eigenvalue weighted by atomic mass is 16.6. The largest absolute Gasteiger partial charge is 0.465 e. The maximum atomic E-state index is 13.6. The standard InChI is InChI=1S/C32H50O13/c1-3-31(15-35-7-21-11-39-21,16-36-8-22-12-40-22)19-43-29(33)25-5-27-28(45-27)6-26(25)30(34)44-20-32(4-2,17-37-9-23-13-41-23)18-38-10-24-14-42-24/h21-28H,3-20H2,1-2H3. The van der Waals surface area contributed by atoms with Crippen molar-refractivity contribution < 1.29 is 61.7 Å². The molecular weight excluding hydrogens is 592 g/mol. The Bertz CT molecular complexity index is 864. The van der Waals surface area contributed by atoms with Crippen LogP contribution in [0.25, 0.3) is 0 Å². The third-order valence-electron chi connectivity index (χ3n) is 9.75. The fourth-order valence-corrected chi connectivity index (χ4v) is 5.75. The molecule has 13 heteroatoms. The van der Waals surface area contributed by atoms with E-state index in [1.165, 1.54) is 0 Å². The van der Waals surface area contributed by atoms with Crippen LogP contribution in [0.5, 0.6) is 0 Å². The van der Waals surface area contributed by atoms with E-state index in [0.29, 0.717) is 105 Å². The van der Waals surface area contributed by atoms with Gasteiger partial charge in [-0.05, 0) is 25.7 Å². The van der Waals surface area contributed by atoms with Crippen LogP contribution in [0.3, 0.4) is 0 Å². The molecule has 1 aliphatic carbocycles. The maximum Gasteiger partial charge on any atom is 0.309 e. The first-order chi connectivity index (χ1) is 21.9. The Balaban J connectivity index is 1.04. The van der Waals surface area contributed by atoms with Gasteiger partial charge < -0.3 is 52.1 Å². The Labute approximate surface area is 265 Å². The molecule has 0 bridgehead atoms. The average molecular weight is 643 g/mol. The van der Waals surface area contributed by atoms with Gasteiger partial charge in [0.05, 0.1) is 114 Å². The van der Waals surface area contributed by atoms with E-state index in [1.54, 1.807) is 0 Å². The minimum atomic E-state index is -0.653. The molecule has 13 nitrogen and oxygen atoms in total. The predicted molar refractivity (Wildman–Crippen MR) is 154 cm³/mol. The average Bonchev–Trinajstić information content (AvgIpc) is 3.82. The Morgan fingerprint density at radius 2 is 0.867 bits per heavy atom. The second-order valence-electron chi connectivity index (χ2n) is 13.7. The molecule has 8 unspecified atom stereocenters. The van der Waals surface area contributed by atoms with Crippen LogP contribution in [0.4, 0.5) is 0 Å². The molecule has 45 heavy (non-hydrogen) atoms. The van der Waals surface area contributed by atoms with E-state index in [-0.39, 0.29) is 49.8 Å². The maximum absolute atomic E-state index is 13.6. The minimum Gasteiger partial charge on any atom is -0.465 e. The van der Waals surface area contributed by atoms with Crippen molar-refractivity contribution in [3.63, 3.8) is 0 Å². The van der Waals surface area contributed by atoms with Crippen LogP contribution in [-0.2, 0) is 61.7 Å². The summed E-state index contributed by atoms with van der Waals surface area (Å²) in [6, 6.07) is 0. The third kappa shape index (κ3) is 10.3. The lowest BCUT2D eigenvalue weighted by Gasteiger charge is -2.34. The van der Waals surface area contributed by atoms with Crippen LogP contribution in [0.15, 0.2) is 0 Å². The molecule has 0 radical (unpaired) electrons. The Kier molecular flexibility index (Phi) is 11.3. The summed E-state index contributed by atoms with van der Waals surface area (Å²) in [4.78, 5) is 27.3. The van der Waals surface area contributed by atoms with Gasteiger partial charge in [0.1, 0.15) is 37.6 Å². The highest BCUT2D eigenvalue weighted by Gasteiger charge is 2.54. The van der Waals surface area contributed by atoms with Gasteiger partial charge in [-0.25, -0.2) is 0 Å². The van der Waals surface area contributed by atoms with Gasteiger partial charge >= 0.3 is 11.9 Å². The van der Waals surface area contributed by atoms with Crippen molar-refractivity contribution in [2.24, 2.45) is 22.7 Å². The molecule has 0 spiro atoms. The zero-order valence-corrected chi connectivity index (χ0v) is 26.7. The molecule has 5 heterocycles. The molecule has 6 aliphatic rings. The Morgan fingerprint density at radius 1 is 0.556 bits per heavy atom. The van der Waals surface area contributed by atoms with E-state index in [9.17, 15) is 9.59 Å². The van der Waals surface area contributed by atoms with Crippen molar-refractivity contribution in [2.45, 2.75) is 76.2 Å². The summed E-state index contributed by atoms with van der Waals surface area (Å²) in [7, 11) is 0. The van der Waals surface area contributed by atoms with Crippen molar-refractivity contribution in [1.82, 2.24) is 0 Å². The van der Waals surface area contributed by atoms with Gasteiger partial charge in [-0.15, -0.1) is 0 Å². The van der Waals surface area contributed by atoms with Crippen LogP contribution >= 0.6 is 0 Å². The molecule has 5 aliphatic heterocycles. The molecule has 0 aromatic heterocycles. The number of fused-ring (bicyclic) bond motifs is 1. The first kappa shape index (κ1) is 33.5. The number of hydrogen-bond donors (Lipinski definition) is 0. The number of esters is 2. The van der Waals surface area contributed by atoms with E-state index in [2.05, 4.69) is 0 Å². The number of hydrogen-bond acceptors (Lipinski definition) is 13. The van der Waals surface area contributed by atoms with Gasteiger partial charge in [-0.1, -0.05) is 13.8 Å². The van der Waals surface area contributed by atoms with Crippen LogP contribution in [0, 0.1) is 22.7 Å². The Hall–Kier alpha value is -1.42. The highest BCUT2D eigenvalue weighted by molar-refractivity contribution is 5.82. The number of ether oxygens (including phenoxy) is 11. The van der Waals surface area contributed by atoms with Gasteiger partial charge in [0.25, 0.3) is 0 Å². The number of carbonyl (C=O) groups excluding carboxylic acids is 2. The normalized spacial score (nSPS) is 35.0. The molecule has 0 aromatic carbocycles. The van der Waals surface area contributed by atoms with Crippen LogP contribution in [0.1, 0.15) is 39.5 Å². The molecule has 256 valence electrons. The molecule has 0 amide bonds. The molecule has 1 saturated carbocycles. The Morgan fingerprint density at radius 3 is 1.13 bits per heavy atom. The highest BCUT2D eigenvalue weighted by Crippen LogP contribution is 2.44. The van der Waals surface area contributed by atoms with Crippen molar-refractivity contribution in [1.29, 1.82) is 0 Å². The van der Waals surface area contributed by atoms with Gasteiger partial charge in [-0.2, -0.15) is 0 Å². The lowest BCUT2D eigenvalue weighted by molar-refractivity contribution is -0.170. The topological polar surface area (TPSA) is 152 Å². The summed E-state index contributed by atoms with van der Waals surface area (Å²) in [6.07, 6.45) is 2.70. The number of carbonyl (C=O) groups is 2. The number of epoxide rings is 5. The minimum absolute atomic E-state index is 0.0305. The lowest BCUT2D eigenvalue weighted by atomic mass is 9.79. The second-order valence-corrected chi connectivity index (χ2v) is 13.7. The summed E-state index contributed by atoms with van der Waals surface area (Å²) in [6.45, 7) is 10.6. The monoisotopic (exact) mass is 642 g/mol. The smallest absolute Gasteiger partial charge is 0.309 e. The molecule has 8 atom stereocenters. The first-order valence-electron chi connectivity index (χ1n) is 16.7. The van der Waals surface area contributed by atoms with E-state index in [0.717, 1.165) is 0 Å². The third-order valence-corrected chi connectivity index (χ3v) is 9.75. The lowest BCUT2D eigenvalue weighted by Crippen LogP contribution is -2.43. The van der Waals surface area contributed by atoms with Crippen LogP contribution in [0.2, 0.25) is 0 Å². The first-order valence-corrected chi connectivity index (χ1v) is 16.7. The zero-order chi connectivity index (χ0) is 31.3. The second kappa shape index (κ2) is 15.2. The van der Waals surface area contributed by atoms with Crippen molar-refractivity contribution in [3.05, 3.63) is 0 Å². The molecular formula is C32H50O13. The van der Waals surface area contributed by atoms with Gasteiger partial charge in [0, 0.05) is 0 Å². The molecule has 5 saturated heterocycles. The molecule has 0 N–H and O–H groups in total. The SMILES string of the molecule is CCC(COCC1CO1)(COCC1CO1)COC(=O)C1CC2OC2CC1C(=O)OCC(CC)(COCC1CO1)COCC1CO1. The quantitative estimate of drug-likeness (QED) is 0.110.